The molecule has 1 aliphatic heterocycles. The highest BCUT2D eigenvalue weighted by Gasteiger charge is 2.27. The van der Waals surface area contributed by atoms with Crippen molar-refractivity contribution >= 4 is 35.0 Å². The molecule has 0 radical (unpaired) electrons. The number of rotatable bonds is 5. The Kier molecular flexibility index (Phi) is 6.31. The molecular formula is C16H19ClN4O3. The number of carbonyl (C=O) groups excluding carboxylic acids is 2. The summed E-state index contributed by atoms with van der Waals surface area (Å²) < 4.78 is 4.87. The molecule has 0 bridgehead atoms. The van der Waals surface area contributed by atoms with Crippen LogP contribution < -0.4 is 10.9 Å². The van der Waals surface area contributed by atoms with Crippen molar-refractivity contribution in [1.82, 2.24) is 10.9 Å². The van der Waals surface area contributed by atoms with E-state index in [0.29, 0.717) is 23.2 Å². The van der Waals surface area contributed by atoms with E-state index in [4.69, 9.17) is 16.3 Å². The topological polar surface area (TPSA) is 92.2 Å². The van der Waals surface area contributed by atoms with Crippen molar-refractivity contribution in [2.75, 3.05) is 6.61 Å². The van der Waals surface area contributed by atoms with E-state index in [1.54, 1.807) is 26.0 Å². The van der Waals surface area contributed by atoms with Crippen LogP contribution in [0.15, 0.2) is 34.5 Å². The first-order chi connectivity index (χ1) is 11.5. The second-order valence-corrected chi connectivity index (χ2v) is 5.72. The van der Waals surface area contributed by atoms with Gasteiger partial charge in [0.05, 0.1) is 18.9 Å². The number of hydrazine groups is 1. The predicted molar refractivity (Wildman–Crippen MR) is 91.9 cm³/mol. The lowest BCUT2D eigenvalue weighted by molar-refractivity contribution is -0.141. The normalized spacial score (nSPS) is 19.6. The van der Waals surface area contributed by atoms with Gasteiger partial charge in [-0.1, -0.05) is 23.7 Å². The Bertz CT molecular complexity index is 670. The van der Waals surface area contributed by atoms with Gasteiger partial charge in [0.1, 0.15) is 0 Å². The van der Waals surface area contributed by atoms with Crippen molar-refractivity contribution in [1.29, 1.82) is 0 Å². The van der Waals surface area contributed by atoms with Gasteiger partial charge in [0.2, 0.25) is 5.91 Å². The molecule has 0 aliphatic carbocycles. The maximum Gasteiger partial charge on any atom is 0.311 e. The number of carbonyl (C=O) groups is 2. The third-order valence-corrected chi connectivity index (χ3v) is 3.61. The fraction of sp³-hybridized carbons (Fsp3) is 0.375. The van der Waals surface area contributed by atoms with E-state index < -0.39 is 0 Å². The Balaban J connectivity index is 2.17. The molecule has 7 nitrogen and oxygen atoms in total. The van der Waals surface area contributed by atoms with E-state index in [1.807, 2.05) is 12.1 Å². The van der Waals surface area contributed by atoms with Crippen molar-refractivity contribution in [2.45, 2.75) is 32.6 Å². The molecule has 0 spiro atoms. The molecule has 128 valence electrons. The van der Waals surface area contributed by atoms with Crippen LogP contribution >= 0.6 is 11.6 Å². The van der Waals surface area contributed by atoms with E-state index in [1.165, 1.54) is 0 Å². The minimum absolute atomic E-state index is 0.0720. The second kappa shape index (κ2) is 8.44. The summed E-state index contributed by atoms with van der Waals surface area (Å²) >= 11 is 5.90. The number of hydrogen-bond donors (Lipinski definition) is 2. The number of ether oxygens (including phenoxy) is 1. The van der Waals surface area contributed by atoms with Gasteiger partial charge in [-0.15, -0.1) is 5.10 Å². The number of amides is 1. The van der Waals surface area contributed by atoms with Gasteiger partial charge in [-0.2, -0.15) is 5.10 Å². The smallest absolute Gasteiger partial charge is 0.311 e. The Morgan fingerprint density at radius 2 is 2.04 bits per heavy atom. The zero-order chi connectivity index (χ0) is 17.5. The molecule has 1 aliphatic rings. The van der Waals surface area contributed by atoms with Crippen molar-refractivity contribution < 1.29 is 14.3 Å². The number of hydrogen-bond acceptors (Lipinski definition) is 5. The van der Waals surface area contributed by atoms with E-state index in [-0.39, 0.29) is 30.6 Å². The van der Waals surface area contributed by atoms with E-state index in [0.717, 1.165) is 5.56 Å². The van der Waals surface area contributed by atoms with Crippen LogP contribution in [-0.2, 0) is 14.3 Å². The van der Waals surface area contributed by atoms with Gasteiger partial charge in [0, 0.05) is 17.2 Å². The Morgan fingerprint density at radius 1 is 1.33 bits per heavy atom. The summed E-state index contributed by atoms with van der Waals surface area (Å²) in [5.41, 5.74) is 6.71. The summed E-state index contributed by atoms with van der Waals surface area (Å²) in [4.78, 5) is 23.1. The minimum Gasteiger partial charge on any atom is -0.466 e. The van der Waals surface area contributed by atoms with E-state index in [9.17, 15) is 9.59 Å². The van der Waals surface area contributed by atoms with Gasteiger partial charge < -0.3 is 4.74 Å². The third kappa shape index (κ3) is 5.06. The summed E-state index contributed by atoms with van der Waals surface area (Å²) in [5.74, 6) is -0.241. The summed E-state index contributed by atoms with van der Waals surface area (Å²) in [5, 5.41) is 8.82. The highest BCUT2D eigenvalue weighted by molar-refractivity contribution is 6.30. The summed E-state index contributed by atoms with van der Waals surface area (Å²) in [6, 6.07) is 7.21. The quantitative estimate of drug-likeness (QED) is 0.483. The first-order valence-corrected chi connectivity index (χ1v) is 7.94. The highest BCUT2D eigenvalue weighted by atomic mass is 35.5. The zero-order valence-corrected chi connectivity index (χ0v) is 14.3. The van der Waals surface area contributed by atoms with Crippen LogP contribution in [-0.4, -0.2) is 30.0 Å². The number of amidine groups is 1. The van der Waals surface area contributed by atoms with Crippen molar-refractivity contribution in [3.05, 3.63) is 34.9 Å². The van der Waals surface area contributed by atoms with Crippen molar-refractivity contribution in [3.8, 4) is 0 Å². The van der Waals surface area contributed by atoms with Crippen LogP contribution in [0.1, 0.15) is 38.2 Å². The van der Waals surface area contributed by atoms with Gasteiger partial charge in [0.15, 0.2) is 5.84 Å². The molecule has 1 unspecified atom stereocenters. The van der Waals surface area contributed by atoms with E-state index in [2.05, 4.69) is 21.1 Å². The Hall–Kier alpha value is -2.41. The van der Waals surface area contributed by atoms with Crippen LogP contribution in [0.3, 0.4) is 0 Å². The van der Waals surface area contributed by atoms with Crippen LogP contribution in [0.2, 0.25) is 5.02 Å². The van der Waals surface area contributed by atoms with E-state index >= 15 is 0 Å². The van der Waals surface area contributed by atoms with Crippen LogP contribution in [0.4, 0.5) is 0 Å². The van der Waals surface area contributed by atoms with Gasteiger partial charge in [-0.05, 0) is 31.5 Å². The fourth-order valence-corrected chi connectivity index (χ4v) is 2.34. The molecule has 1 fully saturated rings. The first kappa shape index (κ1) is 17.9. The van der Waals surface area contributed by atoms with Gasteiger partial charge in [-0.25, -0.2) is 0 Å². The van der Waals surface area contributed by atoms with Crippen molar-refractivity contribution in [3.63, 3.8) is 0 Å². The number of nitrogens with one attached hydrogen (secondary N) is 2. The lowest BCUT2D eigenvalue weighted by Gasteiger charge is -2.25. The zero-order valence-electron chi connectivity index (χ0n) is 13.5. The molecule has 1 aromatic carbocycles. The Morgan fingerprint density at radius 3 is 2.71 bits per heavy atom. The summed E-state index contributed by atoms with van der Waals surface area (Å²) in [6.07, 6.45) is 0.322. The average Bonchev–Trinajstić information content (AvgIpc) is 2.54. The van der Waals surface area contributed by atoms with Crippen LogP contribution in [0, 0.1) is 0 Å². The molecule has 1 aromatic rings. The number of halogens is 1. The molecule has 1 atom stereocenters. The molecule has 1 saturated heterocycles. The number of benzene rings is 1. The maximum atomic E-state index is 11.7. The van der Waals surface area contributed by atoms with Crippen molar-refractivity contribution in [2.24, 2.45) is 10.2 Å². The second-order valence-electron chi connectivity index (χ2n) is 5.28. The lowest BCUT2D eigenvalue weighted by atomic mass is 9.93. The lowest BCUT2D eigenvalue weighted by Crippen LogP contribution is -2.50. The molecule has 0 saturated carbocycles. The third-order valence-electron chi connectivity index (χ3n) is 3.36. The monoisotopic (exact) mass is 350 g/mol. The molecule has 24 heavy (non-hydrogen) atoms. The molecule has 2 rings (SSSR count). The first-order valence-electron chi connectivity index (χ1n) is 7.56. The summed E-state index contributed by atoms with van der Waals surface area (Å²) in [6.45, 7) is 3.77. The molecule has 0 aromatic heterocycles. The molecule has 2 N–H and O–H groups in total. The largest absolute Gasteiger partial charge is 0.466 e. The number of esters is 1. The predicted octanol–water partition coefficient (Wildman–Crippen LogP) is 2.18. The minimum atomic E-state index is -0.349. The number of nitrogens with zero attached hydrogens (tertiary/aromatic N) is 2. The SMILES string of the molecule is CCOC(=O)C/C(C)=N\N=C1/NNC(=O)CC1c1ccc(Cl)cc1. The highest BCUT2D eigenvalue weighted by Crippen LogP contribution is 2.24. The molecule has 8 heteroatoms. The average molecular weight is 351 g/mol. The molecule has 1 amide bonds. The Labute approximate surface area is 145 Å². The molecule has 1 heterocycles. The molecular weight excluding hydrogens is 332 g/mol. The van der Waals surface area contributed by atoms with Gasteiger partial charge in [-0.3, -0.25) is 20.4 Å². The van der Waals surface area contributed by atoms with Gasteiger partial charge in [0.25, 0.3) is 0 Å². The fourth-order valence-electron chi connectivity index (χ4n) is 2.21. The van der Waals surface area contributed by atoms with Gasteiger partial charge >= 0.3 is 5.97 Å². The van der Waals surface area contributed by atoms with Crippen LogP contribution in [0.25, 0.3) is 0 Å². The van der Waals surface area contributed by atoms with Crippen LogP contribution in [0.5, 0.6) is 0 Å². The summed E-state index contributed by atoms with van der Waals surface area (Å²) in [7, 11) is 0. The maximum absolute atomic E-state index is 11.7. The standard InChI is InChI=1S/C16H19ClN4O3/c1-3-24-15(23)8-10(2)18-20-16-13(9-14(22)19-21-16)11-4-6-12(17)7-5-11/h4-7,13H,3,8-9H2,1-2H3,(H,19,22)(H,20,21)/b18-10-.